The Bertz CT molecular complexity index is 1010. The number of aromatic nitrogens is 5. The van der Waals surface area contributed by atoms with Crippen LogP contribution in [0.5, 0.6) is 0 Å². The predicted octanol–water partition coefficient (Wildman–Crippen LogP) is 1.35. The van der Waals surface area contributed by atoms with Crippen LogP contribution in [0.3, 0.4) is 0 Å². The molecule has 8 nitrogen and oxygen atoms in total. The zero-order valence-corrected chi connectivity index (χ0v) is 15.0. The molecule has 1 saturated heterocycles. The molecule has 1 amide bonds. The molecule has 3 aromatic rings. The summed E-state index contributed by atoms with van der Waals surface area (Å²) in [4.78, 5) is 37.9. The van der Waals surface area contributed by atoms with E-state index in [2.05, 4.69) is 20.1 Å². The number of likely N-dealkylation sites (tertiary alicyclic amines) is 1. The van der Waals surface area contributed by atoms with Crippen LogP contribution in [-0.4, -0.2) is 48.6 Å². The van der Waals surface area contributed by atoms with Crippen molar-refractivity contribution in [2.45, 2.75) is 25.8 Å². The first kappa shape index (κ1) is 17.1. The SMILES string of the molecule is Cc1cnn(CC(=O)N2CCC(c3nc(-c4cccnc4)cc(=O)[nH]3)C2)c1. The van der Waals surface area contributed by atoms with Crippen LogP contribution in [0.25, 0.3) is 11.3 Å². The van der Waals surface area contributed by atoms with Gasteiger partial charge in [-0.1, -0.05) is 0 Å². The topological polar surface area (TPSA) is 96.8 Å². The number of carbonyl (C=O) groups excluding carboxylic acids is 1. The average Bonchev–Trinajstić information content (AvgIpc) is 3.31. The quantitative estimate of drug-likeness (QED) is 0.754. The summed E-state index contributed by atoms with van der Waals surface area (Å²) in [5, 5.41) is 4.16. The maximum absolute atomic E-state index is 12.5. The van der Waals surface area contributed by atoms with Crippen molar-refractivity contribution in [3.8, 4) is 11.3 Å². The Morgan fingerprint density at radius 3 is 3.00 bits per heavy atom. The summed E-state index contributed by atoms with van der Waals surface area (Å²) in [6.07, 6.45) is 7.71. The third-order valence-corrected chi connectivity index (χ3v) is 4.70. The van der Waals surface area contributed by atoms with Gasteiger partial charge < -0.3 is 9.88 Å². The third-order valence-electron chi connectivity index (χ3n) is 4.70. The lowest BCUT2D eigenvalue weighted by molar-refractivity contribution is -0.131. The number of hydrogen-bond donors (Lipinski definition) is 1. The number of hydrogen-bond acceptors (Lipinski definition) is 5. The van der Waals surface area contributed by atoms with E-state index in [-0.39, 0.29) is 23.9 Å². The fourth-order valence-corrected chi connectivity index (χ4v) is 3.33. The number of nitrogens with one attached hydrogen (secondary N) is 1. The van der Waals surface area contributed by atoms with Gasteiger partial charge in [0, 0.05) is 49.2 Å². The number of rotatable bonds is 4. The first-order valence-electron chi connectivity index (χ1n) is 8.87. The summed E-state index contributed by atoms with van der Waals surface area (Å²) in [5.41, 5.74) is 2.22. The zero-order valence-electron chi connectivity index (χ0n) is 15.0. The van der Waals surface area contributed by atoms with E-state index in [1.54, 1.807) is 28.2 Å². The Kier molecular flexibility index (Phi) is 4.53. The summed E-state index contributed by atoms with van der Waals surface area (Å²) in [7, 11) is 0. The Morgan fingerprint density at radius 1 is 1.37 bits per heavy atom. The molecule has 1 atom stereocenters. The summed E-state index contributed by atoms with van der Waals surface area (Å²) >= 11 is 0. The van der Waals surface area contributed by atoms with Gasteiger partial charge >= 0.3 is 0 Å². The van der Waals surface area contributed by atoms with Crippen LogP contribution in [0.1, 0.15) is 23.7 Å². The molecular formula is C19H20N6O2. The summed E-state index contributed by atoms with van der Waals surface area (Å²) in [5.74, 6) is 0.649. The molecule has 138 valence electrons. The second-order valence-electron chi connectivity index (χ2n) is 6.80. The van der Waals surface area contributed by atoms with Crippen molar-refractivity contribution in [3.05, 3.63) is 64.7 Å². The molecule has 4 rings (SSSR count). The Hall–Kier alpha value is -3.29. The monoisotopic (exact) mass is 364 g/mol. The normalized spacial score (nSPS) is 16.6. The van der Waals surface area contributed by atoms with Crippen molar-refractivity contribution in [1.29, 1.82) is 0 Å². The number of carbonyl (C=O) groups is 1. The van der Waals surface area contributed by atoms with E-state index >= 15 is 0 Å². The molecule has 0 saturated carbocycles. The van der Waals surface area contributed by atoms with Crippen LogP contribution in [-0.2, 0) is 11.3 Å². The maximum Gasteiger partial charge on any atom is 0.251 e. The molecule has 4 heterocycles. The van der Waals surface area contributed by atoms with Crippen molar-refractivity contribution in [2.24, 2.45) is 0 Å². The molecule has 1 fully saturated rings. The van der Waals surface area contributed by atoms with Crippen LogP contribution in [0.15, 0.2) is 47.8 Å². The van der Waals surface area contributed by atoms with E-state index < -0.39 is 0 Å². The van der Waals surface area contributed by atoms with Gasteiger partial charge in [-0.3, -0.25) is 19.3 Å². The summed E-state index contributed by atoms with van der Waals surface area (Å²) in [6, 6.07) is 5.15. The minimum atomic E-state index is -0.198. The molecule has 1 unspecified atom stereocenters. The van der Waals surface area contributed by atoms with E-state index in [1.165, 1.54) is 6.07 Å². The second kappa shape index (κ2) is 7.14. The molecule has 0 radical (unpaired) electrons. The number of amides is 1. The lowest BCUT2D eigenvalue weighted by atomic mass is 10.1. The van der Waals surface area contributed by atoms with Crippen LogP contribution in [0, 0.1) is 6.92 Å². The van der Waals surface area contributed by atoms with Gasteiger partial charge in [0.2, 0.25) is 5.91 Å². The molecule has 1 N–H and O–H groups in total. The van der Waals surface area contributed by atoms with E-state index in [0.717, 1.165) is 17.5 Å². The van der Waals surface area contributed by atoms with E-state index in [0.29, 0.717) is 24.6 Å². The van der Waals surface area contributed by atoms with Gasteiger partial charge in [-0.05, 0) is 31.0 Å². The fraction of sp³-hybridized carbons (Fsp3) is 0.316. The molecule has 1 aliphatic rings. The molecule has 0 aliphatic carbocycles. The molecule has 0 aromatic carbocycles. The molecule has 27 heavy (non-hydrogen) atoms. The smallest absolute Gasteiger partial charge is 0.251 e. The molecule has 3 aromatic heterocycles. The highest BCUT2D eigenvalue weighted by Gasteiger charge is 2.29. The van der Waals surface area contributed by atoms with E-state index in [9.17, 15) is 9.59 Å². The highest BCUT2D eigenvalue weighted by atomic mass is 16.2. The molecule has 8 heteroatoms. The van der Waals surface area contributed by atoms with Crippen molar-refractivity contribution < 1.29 is 4.79 Å². The highest BCUT2D eigenvalue weighted by Crippen LogP contribution is 2.25. The number of aryl methyl sites for hydroxylation is 1. The highest BCUT2D eigenvalue weighted by molar-refractivity contribution is 5.76. The van der Waals surface area contributed by atoms with Gasteiger partial charge in [0.1, 0.15) is 12.4 Å². The van der Waals surface area contributed by atoms with E-state index in [1.807, 2.05) is 25.3 Å². The van der Waals surface area contributed by atoms with Gasteiger partial charge in [-0.15, -0.1) is 0 Å². The molecular weight excluding hydrogens is 344 g/mol. The number of nitrogens with zero attached hydrogens (tertiary/aromatic N) is 5. The second-order valence-corrected chi connectivity index (χ2v) is 6.80. The van der Waals surface area contributed by atoms with Gasteiger partial charge in [0.05, 0.1) is 11.9 Å². The molecule has 0 bridgehead atoms. The van der Waals surface area contributed by atoms with Crippen LogP contribution in [0.2, 0.25) is 0 Å². The minimum absolute atomic E-state index is 0.0117. The van der Waals surface area contributed by atoms with Gasteiger partial charge in [-0.2, -0.15) is 5.10 Å². The largest absolute Gasteiger partial charge is 0.340 e. The van der Waals surface area contributed by atoms with Crippen LogP contribution in [0.4, 0.5) is 0 Å². The van der Waals surface area contributed by atoms with Crippen LogP contribution < -0.4 is 5.56 Å². The average molecular weight is 364 g/mol. The summed E-state index contributed by atoms with van der Waals surface area (Å²) in [6.45, 7) is 3.35. The number of H-pyrrole nitrogens is 1. The van der Waals surface area contributed by atoms with Crippen molar-refractivity contribution in [3.63, 3.8) is 0 Å². The van der Waals surface area contributed by atoms with Gasteiger partial charge in [0.15, 0.2) is 0 Å². The Labute approximate surface area is 155 Å². The third kappa shape index (κ3) is 3.79. The van der Waals surface area contributed by atoms with Gasteiger partial charge in [-0.25, -0.2) is 4.98 Å². The van der Waals surface area contributed by atoms with Crippen LogP contribution >= 0.6 is 0 Å². The standard InChI is InChI=1S/C19H20N6O2/c1-13-8-21-25(10-13)12-18(27)24-6-4-15(11-24)19-22-16(7-17(26)23-19)14-3-2-5-20-9-14/h2-3,5,7-10,15H,4,6,11-12H2,1H3,(H,22,23,26). The lowest BCUT2D eigenvalue weighted by Gasteiger charge is -2.16. The lowest BCUT2D eigenvalue weighted by Crippen LogP contribution is -2.32. The predicted molar refractivity (Wildman–Crippen MR) is 99.0 cm³/mol. The van der Waals surface area contributed by atoms with Gasteiger partial charge in [0.25, 0.3) is 5.56 Å². The Balaban J connectivity index is 1.49. The summed E-state index contributed by atoms with van der Waals surface area (Å²) < 4.78 is 1.65. The van der Waals surface area contributed by atoms with E-state index in [4.69, 9.17) is 0 Å². The molecule has 1 aliphatic heterocycles. The number of aromatic amines is 1. The minimum Gasteiger partial charge on any atom is -0.340 e. The molecule has 0 spiro atoms. The van der Waals surface area contributed by atoms with Crippen molar-refractivity contribution >= 4 is 5.91 Å². The van der Waals surface area contributed by atoms with Crippen molar-refractivity contribution in [2.75, 3.05) is 13.1 Å². The first-order chi connectivity index (χ1) is 13.1. The zero-order chi connectivity index (χ0) is 18.8. The Morgan fingerprint density at radius 2 is 2.26 bits per heavy atom. The van der Waals surface area contributed by atoms with Crippen molar-refractivity contribution in [1.82, 2.24) is 29.6 Å². The first-order valence-corrected chi connectivity index (χ1v) is 8.87. The fourth-order valence-electron chi connectivity index (χ4n) is 3.33. The maximum atomic E-state index is 12.5. The number of pyridine rings is 1.